The van der Waals surface area contributed by atoms with E-state index in [4.69, 9.17) is 9.05 Å². The predicted octanol–water partition coefficient (Wildman–Crippen LogP) is 5.67. The van der Waals surface area contributed by atoms with Gasteiger partial charge in [-0.2, -0.15) is 0 Å². The summed E-state index contributed by atoms with van der Waals surface area (Å²) in [6.45, 7) is 10.0. The van der Waals surface area contributed by atoms with Crippen LogP contribution in [-0.4, -0.2) is 18.1 Å². The Labute approximate surface area is 146 Å². The quantitative estimate of drug-likeness (QED) is 0.316. The van der Waals surface area contributed by atoms with Gasteiger partial charge in [0.15, 0.2) is 0 Å². The Morgan fingerprint density at radius 3 is 1.48 bits per heavy atom. The molecule has 3 nitrogen and oxygen atoms in total. The third-order valence-corrected chi connectivity index (χ3v) is 4.67. The van der Waals surface area contributed by atoms with Gasteiger partial charge in [0.25, 0.3) is 0 Å². The van der Waals surface area contributed by atoms with E-state index in [1.807, 2.05) is 0 Å². The van der Waals surface area contributed by atoms with Crippen molar-refractivity contribution in [3.8, 4) is 0 Å². The Balaban J connectivity index is 0. The van der Waals surface area contributed by atoms with Crippen LogP contribution in [0.5, 0.6) is 0 Å². The van der Waals surface area contributed by atoms with Gasteiger partial charge in [0, 0.05) is 0 Å². The zero-order valence-electron chi connectivity index (χ0n) is 14.6. The van der Waals surface area contributed by atoms with E-state index in [-0.39, 0.29) is 19.5 Å². The minimum atomic E-state index is -1.69. The molecule has 0 aromatic heterocycles. The molecule has 0 heterocycles. The van der Waals surface area contributed by atoms with Crippen molar-refractivity contribution in [3.05, 3.63) is 0 Å². The molecule has 0 aromatic carbocycles. The fourth-order valence-corrected chi connectivity index (χ4v) is 2.92. The van der Waals surface area contributed by atoms with Crippen LogP contribution < -0.4 is 0 Å². The number of unbranched alkanes of at least 4 members (excludes halogenated alkanes) is 2. The second kappa shape index (κ2) is 17.3. The molecule has 0 amide bonds. The van der Waals surface area contributed by atoms with Crippen molar-refractivity contribution in [3.63, 3.8) is 0 Å². The Kier molecular flexibility index (Phi) is 19.9. The van der Waals surface area contributed by atoms with Crippen LogP contribution >= 0.6 is 8.60 Å². The summed E-state index contributed by atoms with van der Waals surface area (Å²) in [5, 5.41) is 0. The number of rotatable bonds is 14. The fourth-order valence-electron chi connectivity index (χ4n) is 2.17. The van der Waals surface area contributed by atoms with Crippen molar-refractivity contribution < 1.29 is 33.4 Å². The summed E-state index contributed by atoms with van der Waals surface area (Å²) in [6, 6.07) is 0. The Morgan fingerprint density at radius 2 is 1.19 bits per heavy atom. The summed E-state index contributed by atoms with van der Waals surface area (Å²) >= 11 is 0. The fraction of sp³-hybridized carbons (Fsp3) is 1.00. The molecule has 2 unspecified atom stereocenters. The molecule has 21 heavy (non-hydrogen) atoms. The van der Waals surface area contributed by atoms with E-state index in [2.05, 4.69) is 27.7 Å². The molecule has 0 saturated carbocycles. The number of hydrogen-bond donors (Lipinski definition) is 1. The molecule has 5 heteroatoms. The first-order valence-corrected chi connectivity index (χ1v) is 9.55. The first-order chi connectivity index (χ1) is 9.67. The molecule has 0 radical (unpaired) electrons. The van der Waals surface area contributed by atoms with Crippen molar-refractivity contribution >= 4 is 8.60 Å². The van der Waals surface area contributed by atoms with E-state index in [1.165, 1.54) is 38.5 Å². The van der Waals surface area contributed by atoms with Gasteiger partial charge < -0.3 is 13.9 Å². The second-order valence-electron chi connectivity index (χ2n) is 5.66. The van der Waals surface area contributed by atoms with Gasteiger partial charge in [-0.25, -0.2) is 0 Å². The summed E-state index contributed by atoms with van der Waals surface area (Å²) < 4.78 is 11.0. The van der Waals surface area contributed by atoms with E-state index < -0.39 is 8.60 Å². The molecule has 0 aliphatic rings. The normalized spacial score (nSPS) is 15.3. The van der Waals surface area contributed by atoms with Gasteiger partial charge in [0.1, 0.15) is 0 Å². The van der Waals surface area contributed by atoms with Crippen molar-refractivity contribution in [1.29, 1.82) is 0 Å². The third-order valence-electron chi connectivity index (χ3n) is 3.93. The minimum absolute atomic E-state index is 0. The van der Waals surface area contributed by atoms with E-state index in [1.54, 1.807) is 0 Å². The van der Waals surface area contributed by atoms with Crippen LogP contribution in [0.2, 0.25) is 0 Å². The summed E-state index contributed by atoms with van der Waals surface area (Å²) in [7, 11) is -1.69. The zero-order chi connectivity index (χ0) is 15.2. The minimum Gasteiger partial charge on any atom is -0.328 e. The smallest absolute Gasteiger partial charge is 0.328 e. The van der Waals surface area contributed by atoms with E-state index in [9.17, 15) is 4.89 Å². The SMILES string of the molecule is CCCCC(CC)COP(O)OCC(CC)CCCC.[Zn+2]. The van der Waals surface area contributed by atoms with Crippen molar-refractivity contribution in [1.82, 2.24) is 0 Å². The van der Waals surface area contributed by atoms with E-state index in [0.29, 0.717) is 25.0 Å². The molecule has 0 fully saturated rings. The molecule has 0 aliphatic heterocycles. The van der Waals surface area contributed by atoms with Crippen LogP contribution in [0, 0.1) is 11.8 Å². The largest absolute Gasteiger partial charge is 2.00 e. The Bertz CT molecular complexity index is 188. The average Bonchev–Trinajstić information content (AvgIpc) is 2.47. The molecule has 1 N–H and O–H groups in total. The standard InChI is InChI=1S/C16H35O3P.Zn/c1-5-9-11-15(7-3)13-18-20(17)19-14-16(8-4)12-10-6-2;/h15-17H,5-14H2,1-4H3;/q;+2. The summed E-state index contributed by atoms with van der Waals surface area (Å²) in [5.74, 6) is 1.11. The zero-order valence-corrected chi connectivity index (χ0v) is 18.5. The van der Waals surface area contributed by atoms with Gasteiger partial charge in [-0.05, 0) is 24.7 Å². The maximum absolute atomic E-state index is 9.81. The van der Waals surface area contributed by atoms with E-state index in [0.717, 1.165) is 12.8 Å². The van der Waals surface area contributed by atoms with Gasteiger partial charge >= 0.3 is 28.1 Å². The maximum atomic E-state index is 9.81. The number of hydrogen-bond acceptors (Lipinski definition) is 3. The van der Waals surface area contributed by atoms with Crippen LogP contribution in [0.3, 0.4) is 0 Å². The third kappa shape index (κ3) is 14.3. The second-order valence-corrected chi connectivity index (χ2v) is 6.65. The molecule has 0 rings (SSSR count). The average molecular weight is 372 g/mol. The van der Waals surface area contributed by atoms with Crippen LogP contribution in [0.15, 0.2) is 0 Å². The van der Waals surface area contributed by atoms with Gasteiger partial charge in [0.2, 0.25) is 0 Å². The molecule has 0 spiro atoms. The summed E-state index contributed by atoms with van der Waals surface area (Å²) in [4.78, 5) is 9.81. The summed E-state index contributed by atoms with van der Waals surface area (Å²) in [5.41, 5.74) is 0. The van der Waals surface area contributed by atoms with Crippen LogP contribution in [0.1, 0.15) is 79.1 Å². The topological polar surface area (TPSA) is 38.7 Å². The molecular formula is C16H35O3PZn+2. The Morgan fingerprint density at radius 1 is 0.810 bits per heavy atom. The Hall–Kier alpha value is 0.933. The van der Waals surface area contributed by atoms with Crippen LogP contribution in [0.25, 0.3) is 0 Å². The molecule has 0 aromatic rings. The molecule has 122 valence electrons. The molecule has 0 bridgehead atoms. The maximum Gasteiger partial charge on any atom is 2.00 e. The van der Waals surface area contributed by atoms with Gasteiger partial charge in [0.05, 0.1) is 13.2 Å². The van der Waals surface area contributed by atoms with Gasteiger partial charge in [-0.15, -0.1) is 0 Å². The molecular weight excluding hydrogens is 337 g/mol. The molecule has 0 saturated heterocycles. The van der Waals surface area contributed by atoms with Crippen molar-refractivity contribution in [2.45, 2.75) is 79.1 Å². The molecule has 0 aliphatic carbocycles. The van der Waals surface area contributed by atoms with Gasteiger partial charge in [-0.1, -0.05) is 66.2 Å². The van der Waals surface area contributed by atoms with E-state index >= 15 is 0 Å². The predicted molar refractivity (Wildman–Crippen MR) is 87.7 cm³/mol. The molecule has 2 atom stereocenters. The summed E-state index contributed by atoms with van der Waals surface area (Å²) in [6.07, 6.45) is 9.50. The van der Waals surface area contributed by atoms with Gasteiger partial charge in [-0.3, -0.25) is 0 Å². The first-order valence-electron chi connectivity index (χ1n) is 8.42. The monoisotopic (exact) mass is 370 g/mol. The van der Waals surface area contributed by atoms with Crippen LogP contribution in [0.4, 0.5) is 0 Å². The van der Waals surface area contributed by atoms with Crippen molar-refractivity contribution in [2.75, 3.05) is 13.2 Å². The van der Waals surface area contributed by atoms with Crippen LogP contribution in [-0.2, 0) is 28.5 Å². The van der Waals surface area contributed by atoms with Crippen molar-refractivity contribution in [2.24, 2.45) is 11.8 Å². The first kappa shape index (κ1) is 24.2.